The highest BCUT2D eigenvalue weighted by Gasteiger charge is 2.51. The molecule has 2 rings (SSSR count). The Morgan fingerprint density at radius 1 is 1.11 bits per heavy atom. The summed E-state index contributed by atoms with van der Waals surface area (Å²) in [5.74, 6) is -0.592. The van der Waals surface area contributed by atoms with Crippen LogP contribution in [0.15, 0.2) is 0 Å². The molecule has 1 aliphatic heterocycles. The SMILES string of the molecule is CC(C)[C@H](NC(N)=O)C(=O)N1CCCCC1CNC(=O)C1(NC(N)=O)CC1. The van der Waals surface area contributed by atoms with Crippen molar-refractivity contribution in [2.45, 2.75) is 63.6 Å². The number of carbonyl (C=O) groups excluding carboxylic acids is 4. The summed E-state index contributed by atoms with van der Waals surface area (Å²) in [7, 11) is 0. The van der Waals surface area contributed by atoms with Gasteiger partial charge in [0.2, 0.25) is 11.8 Å². The van der Waals surface area contributed by atoms with Gasteiger partial charge < -0.3 is 32.3 Å². The lowest BCUT2D eigenvalue weighted by molar-refractivity contribution is -0.138. The molecule has 10 nitrogen and oxygen atoms in total. The van der Waals surface area contributed by atoms with Crippen LogP contribution in [0.3, 0.4) is 0 Å². The highest BCUT2D eigenvalue weighted by Crippen LogP contribution is 2.35. The number of nitrogens with one attached hydrogen (secondary N) is 3. The number of urea groups is 2. The van der Waals surface area contributed by atoms with Crippen molar-refractivity contribution in [2.24, 2.45) is 17.4 Å². The number of hydrogen-bond donors (Lipinski definition) is 5. The van der Waals surface area contributed by atoms with Gasteiger partial charge in [-0.25, -0.2) is 9.59 Å². The summed E-state index contributed by atoms with van der Waals surface area (Å²) in [6.07, 6.45) is 3.67. The highest BCUT2D eigenvalue weighted by molar-refractivity contribution is 5.93. The third kappa shape index (κ3) is 5.24. The predicted molar refractivity (Wildman–Crippen MR) is 98.4 cm³/mol. The number of carbonyl (C=O) groups is 4. The van der Waals surface area contributed by atoms with Crippen molar-refractivity contribution in [2.75, 3.05) is 13.1 Å². The van der Waals surface area contributed by atoms with Gasteiger partial charge in [-0.05, 0) is 38.0 Å². The zero-order valence-electron chi connectivity index (χ0n) is 15.9. The molecule has 1 aliphatic carbocycles. The molecule has 1 heterocycles. The quantitative estimate of drug-likeness (QED) is 0.397. The van der Waals surface area contributed by atoms with Crippen LogP contribution in [-0.2, 0) is 9.59 Å². The topological polar surface area (TPSA) is 160 Å². The second kappa shape index (κ2) is 8.45. The minimum atomic E-state index is -0.913. The zero-order valence-corrected chi connectivity index (χ0v) is 15.9. The molecule has 0 aromatic heterocycles. The Morgan fingerprint density at radius 2 is 1.78 bits per heavy atom. The fourth-order valence-electron chi connectivity index (χ4n) is 3.50. The van der Waals surface area contributed by atoms with Crippen molar-refractivity contribution in [1.29, 1.82) is 0 Å². The lowest BCUT2D eigenvalue weighted by atomic mass is 9.97. The van der Waals surface area contributed by atoms with Crippen LogP contribution in [0.4, 0.5) is 9.59 Å². The van der Waals surface area contributed by atoms with E-state index in [1.54, 1.807) is 4.90 Å². The van der Waals surface area contributed by atoms with E-state index in [9.17, 15) is 19.2 Å². The number of primary amides is 2. The smallest absolute Gasteiger partial charge is 0.313 e. The molecule has 6 amide bonds. The van der Waals surface area contributed by atoms with E-state index in [0.29, 0.717) is 19.4 Å². The van der Waals surface area contributed by atoms with Crippen LogP contribution in [0, 0.1) is 5.92 Å². The van der Waals surface area contributed by atoms with Crippen molar-refractivity contribution >= 4 is 23.9 Å². The van der Waals surface area contributed by atoms with Gasteiger partial charge in [-0.3, -0.25) is 9.59 Å². The van der Waals surface area contributed by atoms with Crippen LogP contribution in [-0.4, -0.2) is 59.5 Å². The lowest BCUT2D eigenvalue weighted by Gasteiger charge is -2.39. The van der Waals surface area contributed by atoms with Gasteiger partial charge in [0, 0.05) is 19.1 Å². The Kier molecular flexibility index (Phi) is 6.50. The molecule has 0 radical (unpaired) electrons. The van der Waals surface area contributed by atoms with E-state index in [2.05, 4.69) is 16.0 Å². The Balaban J connectivity index is 2.00. The molecular formula is C17H30N6O4. The third-order valence-electron chi connectivity index (χ3n) is 5.19. The first-order valence-corrected chi connectivity index (χ1v) is 9.38. The zero-order chi connectivity index (χ0) is 20.2. The summed E-state index contributed by atoms with van der Waals surface area (Å²) in [5.41, 5.74) is 9.42. The molecule has 0 bridgehead atoms. The van der Waals surface area contributed by atoms with E-state index < -0.39 is 23.6 Å². The summed E-state index contributed by atoms with van der Waals surface area (Å²) in [6, 6.07) is -2.34. The van der Waals surface area contributed by atoms with E-state index in [1.165, 1.54) is 0 Å². The predicted octanol–water partition coefficient (Wildman–Crippen LogP) is -0.622. The van der Waals surface area contributed by atoms with Gasteiger partial charge in [-0.1, -0.05) is 13.8 Å². The molecule has 7 N–H and O–H groups in total. The Labute approximate surface area is 158 Å². The minimum absolute atomic E-state index is 0.114. The van der Waals surface area contributed by atoms with E-state index in [-0.39, 0.29) is 30.3 Å². The number of nitrogens with two attached hydrogens (primary N) is 2. The van der Waals surface area contributed by atoms with Crippen molar-refractivity contribution in [3.8, 4) is 0 Å². The molecule has 2 atom stereocenters. The van der Waals surface area contributed by atoms with Gasteiger partial charge in [0.25, 0.3) is 0 Å². The third-order valence-corrected chi connectivity index (χ3v) is 5.19. The molecule has 1 unspecified atom stereocenters. The van der Waals surface area contributed by atoms with Crippen LogP contribution in [0.5, 0.6) is 0 Å². The molecule has 2 fully saturated rings. The molecule has 10 heteroatoms. The fourth-order valence-corrected chi connectivity index (χ4v) is 3.50. The first-order chi connectivity index (χ1) is 12.7. The Hall–Kier alpha value is -2.52. The average molecular weight is 382 g/mol. The summed E-state index contributed by atoms with van der Waals surface area (Å²) < 4.78 is 0. The highest BCUT2D eigenvalue weighted by atomic mass is 16.2. The number of nitrogens with zero attached hydrogens (tertiary/aromatic N) is 1. The van der Waals surface area contributed by atoms with E-state index in [0.717, 1.165) is 19.3 Å². The van der Waals surface area contributed by atoms with Gasteiger partial charge in [-0.15, -0.1) is 0 Å². The maximum absolute atomic E-state index is 13.0. The van der Waals surface area contributed by atoms with Crippen molar-refractivity contribution in [3.63, 3.8) is 0 Å². The number of hydrogen-bond acceptors (Lipinski definition) is 4. The molecule has 1 saturated carbocycles. The first kappa shape index (κ1) is 20.8. The maximum Gasteiger partial charge on any atom is 0.313 e. The van der Waals surface area contributed by atoms with Crippen LogP contribution in [0.25, 0.3) is 0 Å². The van der Waals surface area contributed by atoms with Crippen LogP contribution < -0.4 is 27.4 Å². The molecule has 2 aliphatic rings. The second-order valence-electron chi connectivity index (χ2n) is 7.69. The average Bonchev–Trinajstić information content (AvgIpc) is 3.36. The fraction of sp³-hybridized carbons (Fsp3) is 0.765. The minimum Gasteiger partial charge on any atom is -0.352 e. The van der Waals surface area contributed by atoms with Crippen molar-refractivity contribution in [3.05, 3.63) is 0 Å². The van der Waals surface area contributed by atoms with Gasteiger partial charge >= 0.3 is 12.1 Å². The number of likely N-dealkylation sites (tertiary alicyclic amines) is 1. The van der Waals surface area contributed by atoms with Crippen LogP contribution >= 0.6 is 0 Å². The van der Waals surface area contributed by atoms with Gasteiger partial charge in [0.05, 0.1) is 0 Å². The van der Waals surface area contributed by atoms with Gasteiger partial charge in [0.1, 0.15) is 11.6 Å². The normalized spacial score (nSPS) is 21.9. The summed E-state index contributed by atoms with van der Waals surface area (Å²) in [5, 5.41) is 7.85. The lowest BCUT2D eigenvalue weighted by Crippen LogP contribution is -2.59. The summed E-state index contributed by atoms with van der Waals surface area (Å²) >= 11 is 0. The first-order valence-electron chi connectivity index (χ1n) is 9.38. The Morgan fingerprint density at radius 3 is 2.30 bits per heavy atom. The number of piperidine rings is 1. The molecular weight excluding hydrogens is 352 g/mol. The summed E-state index contributed by atoms with van der Waals surface area (Å²) in [6.45, 7) is 4.53. The molecule has 152 valence electrons. The van der Waals surface area contributed by atoms with E-state index in [4.69, 9.17) is 11.5 Å². The summed E-state index contributed by atoms with van der Waals surface area (Å²) in [4.78, 5) is 49.4. The molecule has 27 heavy (non-hydrogen) atoms. The number of rotatable bonds is 7. The standard InChI is InChI=1S/C17H30N6O4/c1-10(2)12(21-15(18)26)13(24)23-8-4-3-5-11(23)9-20-14(25)17(6-7-17)22-16(19)27/h10-12H,3-9H2,1-2H3,(H,20,25)(H3,18,21,26)(H3,19,22,27)/t11?,12-/m0/s1. The van der Waals surface area contributed by atoms with Crippen molar-refractivity contribution in [1.82, 2.24) is 20.9 Å². The number of amides is 6. The maximum atomic E-state index is 13.0. The second-order valence-corrected chi connectivity index (χ2v) is 7.69. The van der Waals surface area contributed by atoms with E-state index in [1.807, 2.05) is 13.8 Å². The van der Waals surface area contributed by atoms with Gasteiger partial charge in [0.15, 0.2) is 0 Å². The molecule has 1 saturated heterocycles. The monoisotopic (exact) mass is 382 g/mol. The van der Waals surface area contributed by atoms with Gasteiger partial charge in [-0.2, -0.15) is 0 Å². The largest absolute Gasteiger partial charge is 0.352 e. The molecule has 0 aromatic carbocycles. The van der Waals surface area contributed by atoms with Crippen molar-refractivity contribution < 1.29 is 19.2 Å². The van der Waals surface area contributed by atoms with Crippen LogP contribution in [0.2, 0.25) is 0 Å². The molecule has 0 spiro atoms. The molecule has 0 aromatic rings. The van der Waals surface area contributed by atoms with Crippen LogP contribution in [0.1, 0.15) is 46.0 Å². The Bertz CT molecular complexity index is 604. The van der Waals surface area contributed by atoms with E-state index >= 15 is 0 Å².